The van der Waals surface area contributed by atoms with E-state index in [9.17, 15) is 0 Å². The molecule has 0 unspecified atom stereocenters. The van der Waals surface area contributed by atoms with Crippen molar-refractivity contribution < 1.29 is 0 Å². The van der Waals surface area contributed by atoms with Crippen LogP contribution in [0.2, 0.25) is 0 Å². The highest BCUT2D eigenvalue weighted by Gasteiger charge is 1.88. The zero-order valence-electron chi connectivity index (χ0n) is 7.72. The third kappa shape index (κ3) is 5.59. The van der Waals surface area contributed by atoms with Gasteiger partial charge in [-0.2, -0.15) is 0 Å². The van der Waals surface area contributed by atoms with Gasteiger partial charge in [0.25, 0.3) is 0 Å². The predicted molar refractivity (Wildman–Crippen MR) is 52.0 cm³/mol. The fourth-order valence-corrected chi connectivity index (χ4v) is 0.893. The molecular weight excluding hydrogens is 134 g/mol. The Bertz CT molecular complexity index is 175. The Morgan fingerprint density at radius 3 is 2.64 bits per heavy atom. The number of hydrogen-bond donors (Lipinski definition) is 0. The molecule has 0 amide bonds. The maximum Gasteiger partial charge on any atom is 0.0553 e. The summed E-state index contributed by atoms with van der Waals surface area (Å²) in [5.74, 6) is 0. The van der Waals surface area contributed by atoms with Crippen LogP contribution in [0.1, 0.15) is 33.6 Å². The lowest BCUT2D eigenvalue weighted by molar-refractivity contribution is 0.985. The molecule has 0 heterocycles. The third-order valence-corrected chi connectivity index (χ3v) is 1.31. The first-order chi connectivity index (χ1) is 5.20. The number of nitrogens with zero attached hydrogens (tertiary/aromatic N) is 1. The van der Waals surface area contributed by atoms with Gasteiger partial charge in [-0.3, -0.25) is 4.99 Å². The molecule has 0 N–H and O–H groups in total. The Balaban J connectivity index is 3.96. The minimum absolute atomic E-state index is 0.846. The smallest absolute Gasteiger partial charge is 0.0553 e. The molecule has 0 aliphatic heterocycles. The molecule has 0 radical (unpaired) electrons. The number of aliphatic imine (C=N–C) groups is 1. The van der Waals surface area contributed by atoms with Crippen molar-refractivity contribution >= 4 is 5.71 Å². The maximum absolute atomic E-state index is 4.29. The highest BCUT2D eigenvalue weighted by Crippen LogP contribution is 1.99. The first-order valence-electron chi connectivity index (χ1n) is 4.06. The van der Waals surface area contributed by atoms with Gasteiger partial charge in [-0.1, -0.05) is 26.0 Å². The van der Waals surface area contributed by atoms with E-state index in [4.69, 9.17) is 0 Å². The van der Waals surface area contributed by atoms with Crippen LogP contribution in [0.3, 0.4) is 0 Å². The molecule has 0 aliphatic carbocycles. The van der Waals surface area contributed by atoms with Crippen molar-refractivity contribution in [2.75, 3.05) is 0 Å². The molecule has 0 aromatic carbocycles. The van der Waals surface area contributed by atoms with Crippen molar-refractivity contribution in [2.45, 2.75) is 33.6 Å². The van der Waals surface area contributed by atoms with Crippen LogP contribution in [0.4, 0.5) is 0 Å². The summed E-state index contributed by atoms with van der Waals surface area (Å²) in [5.41, 5.74) is 2.01. The van der Waals surface area contributed by atoms with Crippen LogP contribution in [-0.4, -0.2) is 5.71 Å². The molecule has 0 atom stereocenters. The van der Waals surface area contributed by atoms with Crippen molar-refractivity contribution in [3.8, 4) is 0 Å². The van der Waals surface area contributed by atoms with Crippen LogP contribution >= 0.6 is 0 Å². The van der Waals surface area contributed by atoms with Crippen LogP contribution in [0.25, 0.3) is 0 Å². The van der Waals surface area contributed by atoms with E-state index in [0.717, 1.165) is 24.3 Å². The molecule has 62 valence electrons. The van der Waals surface area contributed by atoms with E-state index >= 15 is 0 Å². The molecule has 11 heavy (non-hydrogen) atoms. The van der Waals surface area contributed by atoms with E-state index in [2.05, 4.69) is 18.5 Å². The lowest BCUT2D eigenvalue weighted by Gasteiger charge is -1.96. The number of rotatable bonds is 4. The summed E-state index contributed by atoms with van der Waals surface area (Å²) < 4.78 is 0. The lowest BCUT2D eigenvalue weighted by Crippen LogP contribution is -1.89. The Morgan fingerprint density at radius 2 is 2.18 bits per heavy atom. The monoisotopic (exact) mass is 151 g/mol. The summed E-state index contributed by atoms with van der Waals surface area (Å²) in [6.07, 6.45) is 6.08. The molecule has 0 saturated heterocycles. The SMILES string of the molecule is C=C(/C=C\C)N=C(C)CCC. The van der Waals surface area contributed by atoms with Crippen LogP contribution in [0.15, 0.2) is 29.4 Å². The van der Waals surface area contributed by atoms with Crippen molar-refractivity contribution in [1.82, 2.24) is 0 Å². The van der Waals surface area contributed by atoms with E-state index in [0.29, 0.717) is 0 Å². The normalized spacial score (nSPS) is 12.5. The minimum Gasteiger partial charge on any atom is -0.259 e. The molecule has 0 spiro atoms. The number of allylic oxidation sites excluding steroid dienone is 2. The Labute approximate surface area is 69.5 Å². The van der Waals surface area contributed by atoms with Crippen molar-refractivity contribution in [3.05, 3.63) is 24.4 Å². The van der Waals surface area contributed by atoms with Gasteiger partial charge >= 0.3 is 0 Å². The van der Waals surface area contributed by atoms with E-state index in [-0.39, 0.29) is 0 Å². The summed E-state index contributed by atoms with van der Waals surface area (Å²) >= 11 is 0. The molecular formula is C10H17N. The molecule has 0 saturated carbocycles. The van der Waals surface area contributed by atoms with Crippen molar-refractivity contribution in [1.29, 1.82) is 0 Å². The second-order valence-electron chi connectivity index (χ2n) is 2.59. The summed E-state index contributed by atoms with van der Waals surface area (Å²) in [6.45, 7) is 9.95. The number of hydrogen-bond acceptors (Lipinski definition) is 1. The Kier molecular flexibility index (Phi) is 5.44. The van der Waals surface area contributed by atoms with Gasteiger partial charge in [0.1, 0.15) is 0 Å². The van der Waals surface area contributed by atoms with E-state index < -0.39 is 0 Å². The molecule has 0 aromatic rings. The third-order valence-electron chi connectivity index (χ3n) is 1.31. The Hall–Kier alpha value is -0.850. The highest BCUT2D eigenvalue weighted by molar-refractivity contribution is 5.82. The second-order valence-corrected chi connectivity index (χ2v) is 2.59. The van der Waals surface area contributed by atoms with E-state index in [1.807, 2.05) is 26.0 Å². The Morgan fingerprint density at radius 1 is 1.55 bits per heavy atom. The average molecular weight is 151 g/mol. The van der Waals surface area contributed by atoms with Crippen molar-refractivity contribution in [3.63, 3.8) is 0 Å². The van der Waals surface area contributed by atoms with Gasteiger partial charge in [-0.25, -0.2) is 0 Å². The summed E-state index contributed by atoms with van der Waals surface area (Å²) in [4.78, 5) is 4.29. The molecule has 1 nitrogen and oxygen atoms in total. The minimum atomic E-state index is 0.846. The lowest BCUT2D eigenvalue weighted by atomic mass is 10.2. The van der Waals surface area contributed by atoms with Crippen LogP contribution in [0.5, 0.6) is 0 Å². The van der Waals surface area contributed by atoms with Gasteiger partial charge in [-0.05, 0) is 26.3 Å². The summed E-state index contributed by atoms with van der Waals surface area (Å²) in [6, 6.07) is 0. The van der Waals surface area contributed by atoms with Crippen LogP contribution < -0.4 is 0 Å². The van der Waals surface area contributed by atoms with Crippen LogP contribution in [-0.2, 0) is 0 Å². The zero-order chi connectivity index (χ0) is 8.69. The fraction of sp³-hybridized carbons (Fsp3) is 0.500. The molecule has 0 rings (SSSR count). The largest absolute Gasteiger partial charge is 0.259 e. The average Bonchev–Trinajstić information content (AvgIpc) is 1.87. The molecule has 1 heteroatoms. The van der Waals surface area contributed by atoms with Crippen LogP contribution in [0, 0.1) is 0 Å². The maximum atomic E-state index is 4.29. The second kappa shape index (κ2) is 5.90. The zero-order valence-corrected chi connectivity index (χ0v) is 7.72. The standard InChI is InChI=1S/C10H17N/c1-5-7-9(3)11-10(4)8-6-2/h5,7H,3,6,8H2,1-2,4H3/b7-5-,11-10?. The summed E-state index contributed by atoms with van der Waals surface area (Å²) in [7, 11) is 0. The fourth-order valence-electron chi connectivity index (χ4n) is 0.893. The van der Waals surface area contributed by atoms with E-state index in [1.165, 1.54) is 0 Å². The molecule has 0 fully saturated rings. The first kappa shape index (κ1) is 10.2. The van der Waals surface area contributed by atoms with Gasteiger partial charge in [0.05, 0.1) is 5.70 Å². The first-order valence-corrected chi connectivity index (χ1v) is 4.06. The topological polar surface area (TPSA) is 12.4 Å². The van der Waals surface area contributed by atoms with Gasteiger partial charge in [-0.15, -0.1) is 0 Å². The summed E-state index contributed by atoms with van der Waals surface area (Å²) in [5, 5.41) is 0. The van der Waals surface area contributed by atoms with Gasteiger partial charge in [0, 0.05) is 5.71 Å². The molecule has 0 bridgehead atoms. The predicted octanol–water partition coefficient (Wildman–Crippen LogP) is 3.34. The van der Waals surface area contributed by atoms with Crippen molar-refractivity contribution in [2.24, 2.45) is 4.99 Å². The molecule has 0 aliphatic rings. The van der Waals surface area contributed by atoms with E-state index in [1.54, 1.807) is 0 Å². The van der Waals surface area contributed by atoms with Gasteiger partial charge < -0.3 is 0 Å². The quantitative estimate of drug-likeness (QED) is 0.431. The highest BCUT2D eigenvalue weighted by atomic mass is 14.7. The van der Waals surface area contributed by atoms with Gasteiger partial charge in [0.15, 0.2) is 0 Å². The molecule has 0 aromatic heterocycles. The van der Waals surface area contributed by atoms with Gasteiger partial charge in [0.2, 0.25) is 0 Å².